The highest BCUT2D eigenvalue weighted by molar-refractivity contribution is 6.22. The molecule has 0 saturated heterocycles. The largest absolute Gasteiger partial charge is 0.488 e. The zero-order valence-corrected chi connectivity index (χ0v) is 11.2. The lowest BCUT2D eigenvalue weighted by Gasteiger charge is -2.08. The summed E-state index contributed by atoms with van der Waals surface area (Å²) in [5.74, 6) is -0.466. The van der Waals surface area contributed by atoms with Crippen molar-refractivity contribution < 1.29 is 19.0 Å². The normalized spacial score (nSPS) is 13.3. The van der Waals surface area contributed by atoms with Crippen LogP contribution in [0.4, 0.5) is 0 Å². The van der Waals surface area contributed by atoms with E-state index in [0.717, 1.165) is 5.56 Å². The third kappa shape index (κ3) is 1.91. The molecule has 0 atom stereocenters. The number of ether oxygens (including phenoxy) is 1. The lowest BCUT2D eigenvalue weighted by molar-refractivity contribution is 0.0878. The predicted molar refractivity (Wildman–Crippen MR) is 74.4 cm³/mol. The molecule has 2 amide bonds. The topological polar surface area (TPSA) is 94.3 Å². The van der Waals surface area contributed by atoms with Gasteiger partial charge in [0.25, 0.3) is 11.8 Å². The van der Waals surface area contributed by atoms with Crippen LogP contribution in [0.5, 0.6) is 5.75 Å². The number of hydrogen-bond donors (Lipinski definition) is 1. The van der Waals surface area contributed by atoms with Crippen molar-refractivity contribution in [3.63, 3.8) is 0 Å². The predicted octanol–water partition coefficient (Wildman–Crippen LogP) is 1.69. The van der Waals surface area contributed by atoms with Crippen molar-refractivity contribution in [2.75, 3.05) is 0 Å². The van der Waals surface area contributed by atoms with Crippen molar-refractivity contribution in [1.82, 2.24) is 15.6 Å². The van der Waals surface area contributed by atoms with E-state index in [4.69, 9.17) is 4.74 Å². The summed E-state index contributed by atoms with van der Waals surface area (Å²) in [5.41, 5.74) is 2.75. The highest BCUT2D eigenvalue weighted by atomic mass is 16.6. The maximum absolute atomic E-state index is 11.8. The fourth-order valence-corrected chi connectivity index (χ4v) is 2.39. The van der Waals surface area contributed by atoms with Gasteiger partial charge < -0.3 is 4.74 Å². The number of carbonyl (C=O) groups excluding carboxylic acids is 2. The summed E-state index contributed by atoms with van der Waals surface area (Å²) < 4.78 is 10.3. The van der Waals surface area contributed by atoms with E-state index in [-0.39, 0.29) is 12.2 Å². The molecule has 1 N–H and O–H groups in total. The maximum Gasteiger partial charge on any atom is 0.262 e. The second-order valence-corrected chi connectivity index (χ2v) is 4.84. The number of amides is 2. The minimum absolute atomic E-state index is 0.237. The van der Waals surface area contributed by atoms with Gasteiger partial charge in [-0.3, -0.25) is 14.9 Å². The lowest BCUT2D eigenvalue weighted by atomic mass is 10.1. The molecular formula is C15H9N3O4. The molecule has 0 spiro atoms. The minimum Gasteiger partial charge on any atom is -0.488 e. The number of aromatic nitrogens is 2. The Balaban J connectivity index is 1.62. The molecule has 7 nitrogen and oxygen atoms in total. The van der Waals surface area contributed by atoms with E-state index in [1.165, 1.54) is 0 Å². The summed E-state index contributed by atoms with van der Waals surface area (Å²) in [7, 11) is 0. The Labute approximate surface area is 123 Å². The van der Waals surface area contributed by atoms with Gasteiger partial charge in [0.2, 0.25) is 0 Å². The lowest BCUT2D eigenvalue weighted by Crippen LogP contribution is -2.20. The van der Waals surface area contributed by atoms with E-state index in [0.29, 0.717) is 22.3 Å². The van der Waals surface area contributed by atoms with Gasteiger partial charge in [-0.05, 0) is 40.1 Å². The molecule has 0 bridgehead atoms. The van der Waals surface area contributed by atoms with E-state index in [2.05, 4.69) is 20.3 Å². The van der Waals surface area contributed by atoms with Crippen LogP contribution >= 0.6 is 0 Å². The van der Waals surface area contributed by atoms with Crippen molar-refractivity contribution in [1.29, 1.82) is 0 Å². The second-order valence-electron chi connectivity index (χ2n) is 4.84. The van der Waals surface area contributed by atoms with Crippen LogP contribution in [0, 0.1) is 0 Å². The van der Waals surface area contributed by atoms with Crippen LogP contribution in [0.3, 0.4) is 0 Å². The SMILES string of the molecule is O=C1NC(=O)c2c(OCc3ccc4nonc4c3)cccc21. The van der Waals surface area contributed by atoms with Gasteiger partial charge in [-0.1, -0.05) is 12.1 Å². The van der Waals surface area contributed by atoms with Crippen molar-refractivity contribution in [3.05, 3.63) is 53.1 Å². The Morgan fingerprint density at radius 1 is 1.05 bits per heavy atom. The van der Waals surface area contributed by atoms with Crippen LogP contribution in [0.2, 0.25) is 0 Å². The summed E-state index contributed by atoms with van der Waals surface area (Å²) in [6.45, 7) is 0.237. The number of nitrogens with zero attached hydrogens (tertiary/aromatic N) is 2. The molecule has 0 unspecified atom stereocenters. The maximum atomic E-state index is 11.8. The Bertz CT molecular complexity index is 916. The van der Waals surface area contributed by atoms with Gasteiger partial charge in [0.05, 0.1) is 11.1 Å². The number of benzene rings is 2. The molecule has 4 rings (SSSR count). The van der Waals surface area contributed by atoms with Crippen molar-refractivity contribution >= 4 is 22.8 Å². The molecule has 1 aromatic heterocycles. The molecule has 0 saturated carbocycles. The molecule has 3 aromatic rings. The van der Waals surface area contributed by atoms with Crippen LogP contribution in [-0.2, 0) is 6.61 Å². The molecule has 7 heteroatoms. The van der Waals surface area contributed by atoms with Crippen LogP contribution in [0.15, 0.2) is 41.0 Å². The number of nitrogens with one attached hydrogen (secondary N) is 1. The van der Waals surface area contributed by atoms with E-state index in [1.54, 1.807) is 30.3 Å². The van der Waals surface area contributed by atoms with Crippen molar-refractivity contribution in [2.24, 2.45) is 0 Å². The summed E-state index contributed by atoms with van der Waals surface area (Å²) in [6, 6.07) is 10.3. The Hall–Kier alpha value is -3.22. The number of rotatable bonds is 3. The Morgan fingerprint density at radius 2 is 1.91 bits per heavy atom. The summed E-state index contributed by atoms with van der Waals surface area (Å²) >= 11 is 0. The molecule has 1 aliphatic heterocycles. The molecular weight excluding hydrogens is 286 g/mol. The number of hydrogen-bond acceptors (Lipinski definition) is 6. The Kier molecular flexibility index (Phi) is 2.65. The smallest absolute Gasteiger partial charge is 0.262 e. The first-order valence-electron chi connectivity index (χ1n) is 6.55. The molecule has 1 aliphatic rings. The highest BCUT2D eigenvalue weighted by Crippen LogP contribution is 2.27. The van der Waals surface area contributed by atoms with Crippen LogP contribution in [0.1, 0.15) is 26.3 Å². The molecule has 2 heterocycles. The van der Waals surface area contributed by atoms with Crippen LogP contribution in [-0.4, -0.2) is 22.1 Å². The summed E-state index contributed by atoms with van der Waals surface area (Å²) in [6.07, 6.45) is 0. The third-order valence-corrected chi connectivity index (χ3v) is 3.44. The third-order valence-electron chi connectivity index (χ3n) is 3.44. The fraction of sp³-hybridized carbons (Fsp3) is 0.0667. The van der Waals surface area contributed by atoms with Crippen LogP contribution < -0.4 is 10.1 Å². The number of imide groups is 1. The van der Waals surface area contributed by atoms with Gasteiger partial charge in [-0.2, -0.15) is 0 Å². The average molecular weight is 295 g/mol. The molecule has 0 radical (unpaired) electrons. The first kappa shape index (κ1) is 12.5. The average Bonchev–Trinajstić information content (AvgIpc) is 3.10. The fourth-order valence-electron chi connectivity index (χ4n) is 2.39. The standard InChI is InChI=1S/C15H9N3O4/c19-14-9-2-1-3-12(13(9)15(20)16-14)21-7-8-4-5-10-11(6-8)18-22-17-10/h1-6H,7H2,(H,16,19,20). The first-order chi connectivity index (χ1) is 10.7. The van der Waals surface area contributed by atoms with E-state index < -0.39 is 11.8 Å². The number of fused-ring (bicyclic) bond motifs is 2. The van der Waals surface area contributed by atoms with Gasteiger partial charge in [0.1, 0.15) is 23.4 Å². The number of carbonyl (C=O) groups is 2. The van der Waals surface area contributed by atoms with Gasteiger partial charge in [-0.25, -0.2) is 4.63 Å². The zero-order chi connectivity index (χ0) is 15.1. The van der Waals surface area contributed by atoms with Gasteiger partial charge >= 0.3 is 0 Å². The quantitative estimate of drug-likeness (QED) is 0.739. The monoisotopic (exact) mass is 295 g/mol. The minimum atomic E-state index is -0.438. The van der Waals surface area contributed by atoms with Gasteiger partial charge in [0.15, 0.2) is 0 Å². The van der Waals surface area contributed by atoms with E-state index >= 15 is 0 Å². The van der Waals surface area contributed by atoms with Crippen LogP contribution in [0.25, 0.3) is 11.0 Å². The Morgan fingerprint density at radius 3 is 2.82 bits per heavy atom. The molecule has 108 valence electrons. The van der Waals surface area contributed by atoms with Gasteiger partial charge in [-0.15, -0.1) is 0 Å². The van der Waals surface area contributed by atoms with E-state index in [1.807, 2.05) is 6.07 Å². The highest BCUT2D eigenvalue weighted by Gasteiger charge is 2.30. The molecule has 0 aliphatic carbocycles. The van der Waals surface area contributed by atoms with Crippen molar-refractivity contribution in [2.45, 2.75) is 6.61 Å². The summed E-state index contributed by atoms with van der Waals surface area (Å²) in [4.78, 5) is 23.4. The second kappa shape index (κ2) is 4.66. The van der Waals surface area contributed by atoms with E-state index in [9.17, 15) is 9.59 Å². The first-order valence-corrected chi connectivity index (χ1v) is 6.55. The molecule has 22 heavy (non-hydrogen) atoms. The molecule has 2 aromatic carbocycles. The van der Waals surface area contributed by atoms with Crippen molar-refractivity contribution in [3.8, 4) is 5.75 Å². The zero-order valence-electron chi connectivity index (χ0n) is 11.2. The summed E-state index contributed by atoms with van der Waals surface area (Å²) in [5, 5.41) is 9.74. The molecule has 0 fully saturated rings. The van der Waals surface area contributed by atoms with Gasteiger partial charge in [0, 0.05) is 0 Å².